The van der Waals surface area contributed by atoms with E-state index in [1.165, 1.54) is 0 Å². The van der Waals surface area contributed by atoms with E-state index >= 15 is 0 Å². The predicted molar refractivity (Wildman–Crippen MR) is 66.2 cm³/mol. The molecule has 0 aliphatic heterocycles. The smallest absolute Gasteiger partial charge is 0.175 e. The number of hydrogen-bond donors (Lipinski definition) is 1. The molecule has 0 aliphatic carbocycles. The molecule has 0 saturated heterocycles. The summed E-state index contributed by atoms with van der Waals surface area (Å²) in [6.45, 7) is 5.54. The summed E-state index contributed by atoms with van der Waals surface area (Å²) in [7, 11) is 1.62. The van der Waals surface area contributed by atoms with Crippen LogP contribution in [0.2, 0.25) is 0 Å². The van der Waals surface area contributed by atoms with E-state index in [4.69, 9.17) is 4.74 Å². The minimum absolute atomic E-state index is 0.0418. The van der Waals surface area contributed by atoms with Crippen LogP contribution in [0.3, 0.4) is 0 Å². The van der Waals surface area contributed by atoms with E-state index in [0.717, 1.165) is 16.7 Å². The van der Waals surface area contributed by atoms with Crippen LogP contribution in [0, 0.1) is 0 Å². The maximum atomic E-state index is 11.1. The minimum Gasteiger partial charge on any atom is -0.497 e. The number of aromatic amines is 1. The van der Waals surface area contributed by atoms with Crippen LogP contribution in [0.4, 0.5) is 0 Å². The summed E-state index contributed by atoms with van der Waals surface area (Å²) in [5, 5.41) is 0.995. The number of rotatable bonds is 2. The van der Waals surface area contributed by atoms with Crippen molar-refractivity contribution in [3.8, 4) is 5.75 Å². The third-order valence-corrected chi connectivity index (χ3v) is 2.21. The van der Waals surface area contributed by atoms with Crippen molar-refractivity contribution in [1.82, 2.24) is 4.98 Å². The van der Waals surface area contributed by atoms with Crippen molar-refractivity contribution in [2.24, 2.45) is 0 Å². The van der Waals surface area contributed by atoms with Gasteiger partial charge in [0.1, 0.15) is 5.75 Å². The maximum absolute atomic E-state index is 11.1. The molecule has 0 aliphatic rings. The number of carbonyl (C=O) groups excluding carboxylic acids is 1. The Morgan fingerprint density at radius 1 is 1.25 bits per heavy atom. The van der Waals surface area contributed by atoms with Gasteiger partial charge in [-0.3, -0.25) is 4.79 Å². The summed E-state index contributed by atoms with van der Waals surface area (Å²) in [5.41, 5.74) is 1.59. The summed E-state index contributed by atoms with van der Waals surface area (Å²) in [5.74, 6) is 0.840. The third kappa shape index (κ3) is 2.42. The van der Waals surface area contributed by atoms with E-state index in [9.17, 15) is 4.79 Å². The molecule has 3 nitrogen and oxygen atoms in total. The van der Waals surface area contributed by atoms with Gasteiger partial charge in [0.2, 0.25) is 0 Å². The van der Waals surface area contributed by atoms with Crippen LogP contribution in [-0.2, 0) is 0 Å². The number of fused-ring (bicyclic) bond motifs is 1. The van der Waals surface area contributed by atoms with Crippen molar-refractivity contribution < 1.29 is 9.53 Å². The number of H-pyrrole nitrogens is 1. The van der Waals surface area contributed by atoms with Crippen LogP contribution >= 0.6 is 0 Å². The number of Topliss-reactive ketones (excluding diaryl/α,β-unsaturated/α-hetero) is 1. The fourth-order valence-electron chi connectivity index (χ4n) is 1.43. The van der Waals surface area contributed by atoms with Crippen LogP contribution in [0.15, 0.2) is 24.3 Å². The lowest BCUT2D eigenvalue weighted by molar-refractivity contribution is 0.101. The van der Waals surface area contributed by atoms with Gasteiger partial charge in [-0.2, -0.15) is 0 Å². The molecule has 1 aromatic heterocycles. The summed E-state index contributed by atoms with van der Waals surface area (Å²) in [6, 6.07) is 7.50. The van der Waals surface area contributed by atoms with Crippen LogP contribution < -0.4 is 4.74 Å². The molecule has 0 saturated carbocycles. The molecular weight excluding hydrogens is 202 g/mol. The van der Waals surface area contributed by atoms with Crippen molar-refractivity contribution in [3.63, 3.8) is 0 Å². The second-order valence-electron chi connectivity index (χ2n) is 3.19. The quantitative estimate of drug-likeness (QED) is 0.786. The van der Waals surface area contributed by atoms with Gasteiger partial charge in [0.25, 0.3) is 0 Å². The zero-order chi connectivity index (χ0) is 12.1. The van der Waals surface area contributed by atoms with E-state index < -0.39 is 0 Å². The molecule has 0 amide bonds. The Balaban J connectivity index is 0.000000606. The summed E-state index contributed by atoms with van der Waals surface area (Å²) in [6.07, 6.45) is 0. The van der Waals surface area contributed by atoms with Gasteiger partial charge in [0.15, 0.2) is 5.78 Å². The summed E-state index contributed by atoms with van der Waals surface area (Å²) in [4.78, 5) is 14.1. The number of hydrogen-bond acceptors (Lipinski definition) is 2. The third-order valence-electron chi connectivity index (χ3n) is 2.21. The van der Waals surface area contributed by atoms with Crippen LogP contribution in [0.25, 0.3) is 10.9 Å². The Bertz CT molecular complexity index is 486. The Labute approximate surface area is 95.4 Å². The first kappa shape index (κ1) is 12.3. The molecule has 3 heteroatoms. The fraction of sp³-hybridized carbons (Fsp3) is 0.308. The molecule has 0 atom stereocenters. The average molecular weight is 219 g/mol. The number of benzene rings is 1. The van der Waals surface area contributed by atoms with Gasteiger partial charge in [-0.25, -0.2) is 0 Å². The van der Waals surface area contributed by atoms with E-state index in [1.807, 2.05) is 38.1 Å². The first-order valence-electron chi connectivity index (χ1n) is 5.38. The maximum Gasteiger partial charge on any atom is 0.175 e. The molecule has 0 radical (unpaired) electrons. The highest BCUT2D eigenvalue weighted by atomic mass is 16.5. The monoisotopic (exact) mass is 219 g/mol. The number of nitrogens with one attached hydrogen (secondary N) is 1. The Kier molecular flexibility index (Phi) is 4.11. The Morgan fingerprint density at radius 3 is 2.50 bits per heavy atom. The zero-order valence-electron chi connectivity index (χ0n) is 10.1. The lowest BCUT2D eigenvalue weighted by Crippen LogP contribution is -1.89. The van der Waals surface area contributed by atoms with Crippen molar-refractivity contribution >= 4 is 16.7 Å². The second kappa shape index (κ2) is 5.35. The molecular formula is C13H17NO2. The fourth-order valence-corrected chi connectivity index (χ4v) is 1.43. The topological polar surface area (TPSA) is 42.1 Å². The number of ketones is 1. The van der Waals surface area contributed by atoms with E-state index in [2.05, 4.69) is 4.98 Å². The minimum atomic E-state index is 0.0418. The average Bonchev–Trinajstić information content (AvgIpc) is 2.74. The standard InChI is InChI=1S/C11H11NO2.C2H6/c1-7(13)11-6-8-5-9(14-2)3-4-10(8)12-11;1-2/h3-6,12H,1-2H3;1-2H3. The Morgan fingerprint density at radius 2 is 1.94 bits per heavy atom. The second-order valence-corrected chi connectivity index (χ2v) is 3.19. The zero-order valence-corrected chi connectivity index (χ0v) is 10.1. The van der Waals surface area contributed by atoms with Crippen molar-refractivity contribution in [1.29, 1.82) is 0 Å². The molecule has 1 aromatic carbocycles. The van der Waals surface area contributed by atoms with E-state index in [0.29, 0.717) is 5.69 Å². The van der Waals surface area contributed by atoms with Gasteiger partial charge in [-0.05, 0) is 24.3 Å². The van der Waals surface area contributed by atoms with Crippen LogP contribution in [0.1, 0.15) is 31.3 Å². The molecule has 86 valence electrons. The highest BCUT2D eigenvalue weighted by molar-refractivity contribution is 5.98. The number of aromatic nitrogens is 1. The molecule has 1 heterocycles. The summed E-state index contributed by atoms with van der Waals surface area (Å²) < 4.78 is 5.09. The SMILES string of the molecule is CC.COc1ccc2[nH]c(C(C)=O)cc2c1. The molecule has 2 rings (SSSR count). The molecule has 0 spiro atoms. The largest absolute Gasteiger partial charge is 0.497 e. The number of carbonyl (C=O) groups is 1. The number of ether oxygens (including phenoxy) is 1. The van der Waals surface area contributed by atoms with Crippen LogP contribution in [0.5, 0.6) is 5.75 Å². The van der Waals surface area contributed by atoms with Crippen molar-refractivity contribution in [2.75, 3.05) is 7.11 Å². The normalized spacial score (nSPS) is 9.50. The first-order valence-corrected chi connectivity index (χ1v) is 5.38. The van der Waals surface area contributed by atoms with Gasteiger partial charge in [-0.15, -0.1) is 0 Å². The van der Waals surface area contributed by atoms with E-state index in [-0.39, 0.29) is 5.78 Å². The molecule has 1 N–H and O–H groups in total. The predicted octanol–water partition coefficient (Wildman–Crippen LogP) is 3.41. The van der Waals surface area contributed by atoms with Gasteiger partial charge < -0.3 is 9.72 Å². The van der Waals surface area contributed by atoms with Crippen molar-refractivity contribution in [2.45, 2.75) is 20.8 Å². The van der Waals surface area contributed by atoms with Gasteiger partial charge in [-0.1, -0.05) is 13.8 Å². The highest BCUT2D eigenvalue weighted by Crippen LogP contribution is 2.21. The molecule has 0 fully saturated rings. The molecule has 0 bridgehead atoms. The van der Waals surface area contributed by atoms with E-state index in [1.54, 1.807) is 14.0 Å². The molecule has 2 aromatic rings. The highest BCUT2D eigenvalue weighted by Gasteiger charge is 2.04. The molecule has 0 unspecified atom stereocenters. The van der Waals surface area contributed by atoms with Crippen molar-refractivity contribution in [3.05, 3.63) is 30.0 Å². The Hall–Kier alpha value is -1.77. The first-order chi connectivity index (χ1) is 7.70. The van der Waals surface area contributed by atoms with Gasteiger partial charge in [0.05, 0.1) is 12.8 Å². The molecule has 16 heavy (non-hydrogen) atoms. The lowest BCUT2D eigenvalue weighted by atomic mass is 10.2. The number of methoxy groups -OCH3 is 1. The van der Waals surface area contributed by atoms with Crippen LogP contribution in [-0.4, -0.2) is 17.9 Å². The lowest BCUT2D eigenvalue weighted by Gasteiger charge is -1.97. The summed E-state index contributed by atoms with van der Waals surface area (Å²) >= 11 is 0. The van der Waals surface area contributed by atoms with Gasteiger partial charge in [0, 0.05) is 17.8 Å². The van der Waals surface area contributed by atoms with Gasteiger partial charge >= 0.3 is 0 Å².